The first-order valence-electron chi connectivity index (χ1n) is 26.8. The van der Waals surface area contributed by atoms with Crippen molar-refractivity contribution in [3.05, 3.63) is 100 Å². The first-order valence-corrected chi connectivity index (χ1v) is 27.7. The van der Waals surface area contributed by atoms with E-state index in [0.29, 0.717) is 37.1 Å². The number of unbranched alkanes of at least 4 members (excludes halogenated alkanes) is 2. The number of nitrogens with zero attached hydrogens (tertiary/aromatic N) is 3. The number of likely N-dealkylation sites (tertiary alicyclic amines) is 1. The van der Waals surface area contributed by atoms with Gasteiger partial charge in [0.1, 0.15) is 41.6 Å². The Balaban J connectivity index is 0.894. The zero-order chi connectivity index (χ0) is 55.8. The molecule has 0 bridgehead atoms. The lowest BCUT2D eigenvalue weighted by Crippen LogP contribution is -2.57. The number of aliphatic hydroxyl groups is 1. The second kappa shape index (κ2) is 25.1. The first-order chi connectivity index (χ1) is 36.4. The molecule has 18 nitrogen and oxygen atoms in total. The number of hydrogen-bond acceptors (Lipinski definition) is 12. The minimum absolute atomic E-state index is 0.0157. The predicted molar refractivity (Wildman–Crippen MR) is 294 cm³/mol. The summed E-state index contributed by atoms with van der Waals surface area (Å²) in [7, 11) is 0. The van der Waals surface area contributed by atoms with Crippen LogP contribution in [0.1, 0.15) is 128 Å². The number of rotatable bonds is 21. The SMILES string of the molecule is Cc1ncsc1-c1ccc(CNC(=O)[C@@H]2C[C@@H](O)CN2C(=O)[C@@H](NC(=O)CCCCCc2cccc(O[C@H](C)[C@H](CCC(N)=O)NC(=O)[C@@H]3Cc4cccc5c4N3C(=O)[C@@H](NC(=O)OC(C)(C)C)CC5)c2)C(C)(C)C)cc1. The molecule has 0 aliphatic carbocycles. The standard InChI is InChI=1S/C58H76N8O10S/c1-34-50(77-33-61-34)39-22-20-37(21-23-39)31-60-52(70)45-30-41(67)32-65(45)55(73)51(57(3,4)5)64-48(69)19-11-9-10-14-36-15-12-18-42(28-36)75-35(2)43(26-27-47(59)68)62-53(71)46-29-40-17-13-16-38-24-25-44(54(72)66(46)49(38)40)63-56(74)76-58(6,7)8/h12-13,15-18,20-23,28,33,35,41,43-46,51,67H,9-11,14,19,24-27,29-32H2,1-8H3,(H2,59,68)(H,60,70)(H,62,71)(H,63,74)(H,64,69)/t35-,41-,43+,44+,45+,46+,51-/m1/s1. The van der Waals surface area contributed by atoms with Gasteiger partial charge in [-0.1, -0.05) is 81.8 Å². The largest absolute Gasteiger partial charge is 0.489 e. The Labute approximate surface area is 455 Å². The van der Waals surface area contributed by atoms with Gasteiger partial charge in [-0.3, -0.25) is 33.7 Å². The molecule has 1 aromatic heterocycles. The number of benzene rings is 3. The number of anilines is 1. The molecule has 4 heterocycles. The van der Waals surface area contributed by atoms with E-state index < -0.39 is 83.2 Å². The van der Waals surface area contributed by atoms with Gasteiger partial charge in [0.2, 0.25) is 35.4 Å². The second-order valence-electron chi connectivity index (χ2n) is 22.7. The van der Waals surface area contributed by atoms with Gasteiger partial charge in [-0.15, -0.1) is 11.3 Å². The van der Waals surface area contributed by atoms with Crippen molar-refractivity contribution < 1.29 is 48.1 Å². The minimum Gasteiger partial charge on any atom is -0.489 e. The number of nitrogens with one attached hydrogen (secondary N) is 4. The van der Waals surface area contributed by atoms with Gasteiger partial charge in [0.15, 0.2) is 0 Å². The normalized spacial score (nSPS) is 19.3. The fourth-order valence-corrected chi connectivity index (χ4v) is 11.1. The predicted octanol–water partition coefficient (Wildman–Crippen LogP) is 6.35. The van der Waals surface area contributed by atoms with E-state index >= 15 is 0 Å². The van der Waals surface area contributed by atoms with Crippen LogP contribution in [-0.4, -0.2) is 111 Å². The Bertz CT molecular complexity index is 2790. The van der Waals surface area contributed by atoms with E-state index in [-0.39, 0.29) is 57.0 Å². The van der Waals surface area contributed by atoms with Gasteiger partial charge in [-0.25, -0.2) is 9.78 Å². The monoisotopic (exact) mass is 1080 g/mol. The highest BCUT2D eigenvalue weighted by Crippen LogP contribution is 2.39. The van der Waals surface area contributed by atoms with E-state index in [2.05, 4.69) is 26.3 Å². The Morgan fingerprint density at radius 2 is 1.61 bits per heavy atom. The molecule has 7 amide bonds. The number of nitrogens with two attached hydrogens (primary N) is 1. The van der Waals surface area contributed by atoms with Gasteiger partial charge in [-0.05, 0) is 119 Å². The third-order valence-electron chi connectivity index (χ3n) is 14.3. The molecule has 0 radical (unpaired) electrons. The lowest BCUT2D eigenvalue weighted by atomic mass is 9.85. The number of thiazole rings is 1. The van der Waals surface area contributed by atoms with Crippen molar-refractivity contribution in [1.29, 1.82) is 0 Å². The van der Waals surface area contributed by atoms with Crippen molar-refractivity contribution in [2.75, 3.05) is 11.4 Å². The summed E-state index contributed by atoms with van der Waals surface area (Å²) in [5.74, 6) is -1.88. The third kappa shape index (κ3) is 15.2. The topological polar surface area (TPSA) is 252 Å². The summed E-state index contributed by atoms with van der Waals surface area (Å²) in [4.78, 5) is 103. The molecule has 0 spiro atoms. The number of aliphatic hydroxyl groups excluding tert-OH is 1. The molecule has 3 aliphatic heterocycles. The lowest BCUT2D eigenvalue weighted by Gasteiger charge is -2.35. The van der Waals surface area contributed by atoms with Gasteiger partial charge in [-0.2, -0.15) is 0 Å². The van der Waals surface area contributed by atoms with Crippen molar-refractivity contribution in [3.63, 3.8) is 0 Å². The fraction of sp³-hybridized carbons (Fsp3) is 0.517. The Morgan fingerprint density at radius 3 is 2.30 bits per heavy atom. The van der Waals surface area contributed by atoms with Crippen LogP contribution in [0.15, 0.2) is 72.2 Å². The Kier molecular flexibility index (Phi) is 18.8. The summed E-state index contributed by atoms with van der Waals surface area (Å²) in [5.41, 5.74) is 12.2. The number of carbonyl (C=O) groups is 7. The Hall–Kier alpha value is -6.86. The van der Waals surface area contributed by atoms with Crippen LogP contribution < -0.4 is 36.6 Å². The summed E-state index contributed by atoms with van der Waals surface area (Å²) in [6.07, 6.45) is 2.08. The summed E-state index contributed by atoms with van der Waals surface area (Å²) in [6, 6.07) is 16.9. The van der Waals surface area contributed by atoms with Crippen LogP contribution in [0.25, 0.3) is 10.4 Å². The third-order valence-corrected chi connectivity index (χ3v) is 15.3. The van der Waals surface area contributed by atoms with Gasteiger partial charge in [0.05, 0.1) is 33.9 Å². The van der Waals surface area contributed by atoms with Crippen molar-refractivity contribution >= 4 is 58.6 Å². The molecule has 7 atom stereocenters. The smallest absolute Gasteiger partial charge is 0.408 e. The van der Waals surface area contributed by atoms with E-state index in [1.165, 1.54) is 9.80 Å². The zero-order valence-corrected chi connectivity index (χ0v) is 46.4. The molecule has 77 heavy (non-hydrogen) atoms. The molecule has 1 saturated heterocycles. The maximum Gasteiger partial charge on any atom is 0.408 e. The molecule has 414 valence electrons. The summed E-state index contributed by atoms with van der Waals surface area (Å²) in [5, 5.41) is 22.4. The maximum atomic E-state index is 14.3. The number of hydrogen-bond donors (Lipinski definition) is 6. The van der Waals surface area contributed by atoms with Crippen molar-refractivity contribution in [3.8, 4) is 16.2 Å². The lowest BCUT2D eigenvalue weighted by molar-refractivity contribution is -0.144. The zero-order valence-electron chi connectivity index (χ0n) is 45.6. The van der Waals surface area contributed by atoms with E-state index in [0.717, 1.165) is 51.2 Å². The van der Waals surface area contributed by atoms with E-state index in [4.69, 9.17) is 15.2 Å². The van der Waals surface area contributed by atoms with E-state index in [1.54, 1.807) is 39.0 Å². The van der Waals surface area contributed by atoms with Gasteiger partial charge in [0, 0.05) is 38.8 Å². The van der Waals surface area contributed by atoms with Crippen LogP contribution in [-0.2, 0) is 59.3 Å². The second-order valence-corrected chi connectivity index (χ2v) is 23.5. The van der Waals surface area contributed by atoms with Crippen LogP contribution >= 0.6 is 11.3 Å². The van der Waals surface area contributed by atoms with Crippen molar-refractivity contribution in [2.24, 2.45) is 11.1 Å². The minimum atomic E-state index is -0.929. The molecule has 0 saturated carbocycles. The van der Waals surface area contributed by atoms with E-state index in [9.17, 15) is 38.7 Å². The summed E-state index contributed by atoms with van der Waals surface area (Å²) in [6.45, 7) is 14.8. The molecular formula is C58H76N8O10S. The summed E-state index contributed by atoms with van der Waals surface area (Å²) < 4.78 is 11.9. The maximum absolute atomic E-state index is 14.3. The highest BCUT2D eigenvalue weighted by Gasteiger charge is 2.46. The average Bonchev–Trinajstić information content (AvgIpc) is 4.13. The number of β-amino-alcohol motifs (C(OH)–C–C–N with tert-alkyl or cyclic N) is 1. The number of aryl methyl sites for hydroxylation is 3. The number of ether oxygens (including phenoxy) is 2. The first kappa shape index (κ1) is 57.8. The Morgan fingerprint density at radius 1 is 0.883 bits per heavy atom. The molecule has 7 N–H and O–H groups in total. The fourth-order valence-electron chi connectivity index (χ4n) is 10.3. The molecule has 0 unspecified atom stereocenters. The molecular weight excluding hydrogens is 1000 g/mol. The average molecular weight is 1080 g/mol. The van der Waals surface area contributed by atoms with Gasteiger partial charge < -0.3 is 46.5 Å². The number of amides is 7. The van der Waals surface area contributed by atoms with Crippen LogP contribution in [0.4, 0.5) is 10.5 Å². The molecule has 3 aliphatic rings. The number of alkyl carbamates (subject to hydrolysis) is 1. The number of primary amides is 1. The van der Waals surface area contributed by atoms with E-state index in [1.807, 2.05) is 99.9 Å². The van der Waals surface area contributed by atoms with Crippen LogP contribution in [0.5, 0.6) is 5.75 Å². The van der Waals surface area contributed by atoms with Gasteiger partial charge in [0.25, 0.3) is 0 Å². The number of carbonyl (C=O) groups excluding carboxylic acids is 7. The van der Waals surface area contributed by atoms with Crippen molar-refractivity contribution in [2.45, 2.75) is 181 Å². The van der Waals surface area contributed by atoms with Gasteiger partial charge >= 0.3 is 6.09 Å². The highest BCUT2D eigenvalue weighted by atomic mass is 32.1. The molecule has 7 rings (SSSR count). The molecule has 4 aromatic rings. The van der Waals surface area contributed by atoms with Crippen LogP contribution in [0.3, 0.4) is 0 Å². The molecule has 1 fully saturated rings. The highest BCUT2D eigenvalue weighted by molar-refractivity contribution is 7.13. The molecule has 3 aromatic carbocycles. The van der Waals surface area contributed by atoms with Crippen LogP contribution in [0, 0.1) is 12.3 Å². The quantitative estimate of drug-likeness (QED) is 0.0502. The van der Waals surface area contributed by atoms with Crippen molar-refractivity contribution in [1.82, 2.24) is 31.2 Å². The molecule has 19 heteroatoms. The number of aromatic nitrogens is 1. The summed E-state index contributed by atoms with van der Waals surface area (Å²) >= 11 is 1.57. The van der Waals surface area contributed by atoms with Crippen LogP contribution in [0.2, 0.25) is 0 Å². The number of para-hydroxylation sites is 1.